The van der Waals surface area contributed by atoms with Gasteiger partial charge in [-0.05, 0) is 23.8 Å². The molecule has 0 fully saturated rings. The van der Waals surface area contributed by atoms with E-state index in [1.54, 1.807) is 25.1 Å². The summed E-state index contributed by atoms with van der Waals surface area (Å²) in [5.41, 5.74) is 3.96. The van der Waals surface area contributed by atoms with E-state index in [2.05, 4.69) is 26.8 Å². The Morgan fingerprint density at radius 1 is 1.06 bits per heavy atom. The van der Waals surface area contributed by atoms with E-state index in [1.807, 2.05) is 55.7 Å². The van der Waals surface area contributed by atoms with Gasteiger partial charge in [0.2, 0.25) is 0 Å². The standard InChI is InChI=1S/C24H27N5O3/c1-29-16(11-12-28-29)13-26-24(30)27-15-20(18-8-6-10-22(31-2)23(18)32-3)19-14-25-21-9-5-4-7-17(19)21/h4-12,14,20,25H,13,15H2,1-3H3,(H2,26,27,30). The number of para-hydroxylation sites is 2. The van der Waals surface area contributed by atoms with Crippen molar-refractivity contribution in [3.05, 3.63) is 77.7 Å². The van der Waals surface area contributed by atoms with E-state index in [1.165, 1.54) is 0 Å². The largest absolute Gasteiger partial charge is 0.493 e. The number of H-pyrrole nitrogens is 1. The maximum Gasteiger partial charge on any atom is 0.315 e. The molecule has 8 heteroatoms. The molecule has 8 nitrogen and oxygen atoms in total. The van der Waals surface area contributed by atoms with Crippen LogP contribution in [0.4, 0.5) is 4.79 Å². The molecule has 4 aromatic rings. The van der Waals surface area contributed by atoms with E-state index in [9.17, 15) is 4.79 Å². The topological polar surface area (TPSA) is 93.2 Å². The Labute approximate surface area is 186 Å². The van der Waals surface area contributed by atoms with Gasteiger partial charge in [-0.1, -0.05) is 30.3 Å². The van der Waals surface area contributed by atoms with Crippen LogP contribution in [0.5, 0.6) is 11.5 Å². The maximum atomic E-state index is 12.6. The fourth-order valence-electron chi connectivity index (χ4n) is 3.96. The van der Waals surface area contributed by atoms with Crippen molar-refractivity contribution in [2.24, 2.45) is 7.05 Å². The number of aryl methyl sites for hydroxylation is 1. The minimum absolute atomic E-state index is 0.154. The lowest BCUT2D eigenvalue weighted by atomic mass is 9.90. The number of carbonyl (C=O) groups excluding carboxylic acids is 1. The predicted molar refractivity (Wildman–Crippen MR) is 123 cm³/mol. The van der Waals surface area contributed by atoms with Gasteiger partial charge in [-0.2, -0.15) is 5.10 Å². The van der Waals surface area contributed by atoms with Gasteiger partial charge >= 0.3 is 6.03 Å². The fraction of sp³-hybridized carbons (Fsp3) is 0.250. The van der Waals surface area contributed by atoms with Gasteiger partial charge in [-0.3, -0.25) is 4.68 Å². The molecule has 0 saturated carbocycles. The summed E-state index contributed by atoms with van der Waals surface area (Å²) in [5.74, 6) is 1.15. The molecule has 166 valence electrons. The van der Waals surface area contributed by atoms with Gasteiger partial charge in [0.1, 0.15) is 0 Å². The highest BCUT2D eigenvalue weighted by Gasteiger charge is 2.24. The summed E-state index contributed by atoms with van der Waals surface area (Å²) in [6, 6.07) is 15.5. The molecule has 2 heterocycles. The Morgan fingerprint density at radius 3 is 2.66 bits per heavy atom. The summed E-state index contributed by atoms with van der Waals surface area (Å²) < 4.78 is 12.9. The van der Waals surface area contributed by atoms with E-state index in [4.69, 9.17) is 9.47 Å². The Hall–Kier alpha value is -3.94. The van der Waals surface area contributed by atoms with Crippen LogP contribution < -0.4 is 20.1 Å². The molecular weight excluding hydrogens is 406 g/mol. The van der Waals surface area contributed by atoms with Crippen molar-refractivity contribution in [2.45, 2.75) is 12.5 Å². The molecular formula is C24H27N5O3. The number of nitrogens with zero attached hydrogens (tertiary/aromatic N) is 2. The third kappa shape index (κ3) is 4.25. The lowest BCUT2D eigenvalue weighted by molar-refractivity contribution is 0.240. The maximum absolute atomic E-state index is 12.6. The van der Waals surface area contributed by atoms with Crippen LogP contribution >= 0.6 is 0 Å². The van der Waals surface area contributed by atoms with Gasteiger partial charge in [0.25, 0.3) is 0 Å². The monoisotopic (exact) mass is 433 g/mol. The van der Waals surface area contributed by atoms with Gasteiger partial charge in [0, 0.05) is 48.4 Å². The zero-order valence-corrected chi connectivity index (χ0v) is 18.4. The van der Waals surface area contributed by atoms with Crippen molar-refractivity contribution in [1.82, 2.24) is 25.4 Å². The number of carbonyl (C=O) groups is 1. The third-order valence-corrected chi connectivity index (χ3v) is 5.62. The average Bonchev–Trinajstić information content (AvgIpc) is 3.43. The number of amides is 2. The molecule has 0 radical (unpaired) electrons. The molecule has 0 aliphatic heterocycles. The van der Waals surface area contributed by atoms with Crippen LogP contribution in [0.2, 0.25) is 0 Å². The summed E-state index contributed by atoms with van der Waals surface area (Å²) >= 11 is 0. The number of benzene rings is 2. The Bertz CT molecular complexity index is 1210. The Morgan fingerprint density at radius 2 is 1.91 bits per heavy atom. The number of hydrogen-bond acceptors (Lipinski definition) is 4. The SMILES string of the molecule is COc1cccc(C(CNC(=O)NCc2ccnn2C)c2c[nH]c3ccccc23)c1OC. The van der Waals surface area contributed by atoms with Gasteiger partial charge in [0.15, 0.2) is 11.5 Å². The number of methoxy groups -OCH3 is 2. The highest BCUT2D eigenvalue weighted by atomic mass is 16.5. The highest BCUT2D eigenvalue weighted by molar-refractivity contribution is 5.84. The van der Waals surface area contributed by atoms with E-state index in [-0.39, 0.29) is 11.9 Å². The molecule has 1 atom stereocenters. The van der Waals surface area contributed by atoms with Crippen LogP contribution in [0.3, 0.4) is 0 Å². The molecule has 0 spiro atoms. The lowest BCUT2D eigenvalue weighted by Crippen LogP contribution is -2.38. The van der Waals surface area contributed by atoms with Crippen LogP contribution in [0.25, 0.3) is 10.9 Å². The second kappa shape index (κ2) is 9.47. The molecule has 0 aliphatic carbocycles. The van der Waals surface area contributed by atoms with Crippen molar-refractivity contribution >= 4 is 16.9 Å². The van der Waals surface area contributed by atoms with Crippen molar-refractivity contribution in [3.63, 3.8) is 0 Å². The molecule has 3 N–H and O–H groups in total. The molecule has 4 rings (SSSR count). The molecule has 0 bridgehead atoms. The van der Waals surface area contributed by atoms with Gasteiger partial charge in [-0.25, -0.2) is 4.79 Å². The summed E-state index contributed by atoms with van der Waals surface area (Å²) in [5, 5.41) is 11.1. The molecule has 2 aromatic carbocycles. The van der Waals surface area contributed by atoms with E-state index < -0.39 is 0 Å². The van der Waals surface area contributed by atoms with Crippen molar-refractivity contribution in [1.29, 1.82) is 0 Å². The lowest BCUT2D eigenvalue weighted by Gasteiger charge is -2.22. The minimum Gasteiger partial charge on any atom is -0.493 e. The number of fused-ring (bicyclic) bond motifs is 1. The zero-order valence-electron chi connectivity index (χ0n) is 18.4. The number of urea groups is 1. The number of ether oxygens (including phenoxy) is 2. The Balaban J connectivity index is 1.61. The van der Waals surface area contributed by atoms with Crippen molar-refractivity contribution in [3.8, 4) is 11.5 Å². The molecule has 32 heavy (non-hydrogen) atoms. The van der Waals surface area contributed by atoms with Crippen molar-refractivity contribution < 1.29 is 14.3 Å². The summed E-state index contributed by atoms with van der Waals surface area (Å²) in [6.07, 6.45) is 3.69. The zero-order chi connectivity index (χ0) is 22.5. The highest BCUT2D eigenvalue weighted by Crippen LogP contribution is 2.40. The van der Waals surface area contributed by atoms with E-state index in [0.29, 0.717) is 24.6 Å². The molecule has 0 saturated heterocycles. The van der Waals surface area contributed by atoms with Gasteiger partial charge < -0.3 is 25.1 Å². The number of nitrogens with one attached hydrogen (secondary N) is 3. The first kappa shape index (κ1) is 21.3. The second-order valence-corrected chi connectivity index (χ2v) is 7.43. The van der Waals surface area contributed by atoms with Gasteiger partial charge in [0.05, 0.1) is 26.5 Å². The predicted octanol–water partition coefficient (Wildman–Crippen LogP) is 3.55. The minimum atomic E-state index is -0.252. The first-order valence-corrected chi connectivity index (χ1v) is 10.4. The van der Waals surface area contributed by atoms with Crippen LogP contribution in [0.15, 0.2) is 60.9 Å². The van der Waals surface area contributed by atoms with E-state index in [0.717, 1.165) is 27.7 Å². The third-order valence-electron chi connectivity index (χ3n) is 5.62. The number of hydrogen-bond donors (Lipinski definition) is 3. The van der Waals surface area contributed by atoms with Crippen LogP contribution in [0.1, 0.15) is 22.7 Å². The average molecular weight is 434 g/mol. The molecule has 0 aliphatic rings. The number of rotatable bonds is 8. The quantitative estimate of drug-likeness (QED) is 0.396. The fourth-order valence-corrected chi connectivity index (χ4v) is 3.96. The summed E-state index contributed by atoms with van der Waals surface area (Å²) in [4.78, 5) is 15.9. The Kier molecular flexibility index (Phi) is 6.30. The molecule has 1 unspecified atom stereocenters. The van der Waals surface area contributed by atoms with Crippen LogP contribution in [-0.2, 0) is 13.6 Å². The smallest absolute Gasteiger partial charge is 0.315 e. The normalized spacial score (nSPS) is 11.8. The molecule has 2 aromatic heterocycles. The summed E-state index contributed by atoms with van der Waals surface area (Å²) in [7, 11) is 5.09. The number of aromatic amines is 1. The van der Waals surface area contributed by atoms with E-state index >= 15 is 0 Å². The first-order valence-electron chi connectivity index (χ1n) is 10.4. The number of aromatic nitrogens is 3. The second-order valence-electron chi connectivity index (χ2n) is 7.43. The molecule has 2 amide bonds. The summed E-state index contributed by atoms with van der Waals surface area (Å²) in [6.45, 7) is 0.769. The van der Waals surface area contributed by atoms with Crippen LogP contribution in [-0.4, -0.2) is 41.6 Å². The van der Waals surface area contributed by atoms with Crippen molar-refractivity contribution in [2.75, 3.05) is 20.8 Å². The van der Waals surface area contributed by atoms with Crippen LogP contribution in [0, 0.1) is 0 Å². The van der Waals surface area contributed by atoms with Gasteiger partial charge in [-0.15, -0.1) is 0 Å². The first-order chi connectivity index (χ1) is 15.6.